The molecular formula is C24H21N5O6S. The fourth-order valence-electron chi connectivity index (χ4n) is 3.49. The van der Waals surface area contributed by atoms with E-state index in [1.807, 2.05) is 6.07 Å². The normalized spacial score (nSPS) is 12.7. The molecule has 4 aromatic rings. The lowest BCUT2D eigenvalue weighted by atomic mass is 10.1. The number of fused-ring (bicyclic) bond motifs is 1. The molecule has 5 rings (SSSR count). The Morgan fingerprint density at radius 1 is 1.00 bits per heavy atom. The zero-order valence-corrected chi connectivity index (χ0v) is 19.9. The first-order valence-corrected chi connectivity index (χ1v) is 12.4. The predicted octanol–water partition coefficient (Wildman–Crippen LogP) is 3.19. The van der Waals surface area contributed by atoms with E-state index in [2.05, 4.69) is 25.2 Å². The maximum Gasteiger partial charge on any atom is 0.264 e. The highest BCUT2D eigenvalue weighted by molar-refractivity contribution is 7.92. The number of carbonyl (C=O) groups is 1. The maximum atomic E-state index is 12.6. The first-order valence-electron chi connectivity index (χ1n) is 10.9. The molecule has 1 aliphatic rings. The average Bonchev–Trinajstić information content (AvgIpc) is 3.32. The van der Waals surface area contributed by atoms with E-state index >= 15 is 0 Å². The highest BCUT2D eigenvalue weighted by atomic mass is 32.2. The van der Waals surface area contributed by atoms with Crippen LogP contribution in [0.15, 0.2) is 70.2 Å². The Labute approximate surface area is 206 Å². The molecule has 0 unspecified atom stereocenters. The van der Waals surface area contributed by atoms with Crippen molar-refractivity contribution >= 4 is 27.6 Å². The van der Waals surface area contributed by atoms with Crippen molar-refractivity contribution in [3.63, 3.8) is 0 Å². The Hall–Kier alpha value is -4.45. The highest BCUT2D eigenvalue weighted by Crippen LogP contribution is 2.34. The van der Waals surface area contributed by atoms with Gasteiger partial charge >= 0.3 is 0 Å². The summed E-state index contributed by atoms with van der Waals surface area (Å²) < 4.78 is 44.0. The van der Waals surface area contributed by atoms with Gasteiger partial charge < -0.3 is 19.3 Å². The van der Waals surface area contributed by atoms with Crippen molar-refractivity contribution in [2.75, 3.05) is 23.3 Å². The van der Waals surface area contributed by atoms with Gasteiger partial charge in [0, 0.05) is 29.2 Å². The summed E-state index contributed by atoms with van der Waals surface area (Å²) in [5.74, 6) is 1.44. The molecule has 0 saturated carbocycles. The first kappa shape index (κ1) is 23.3. The van der Waals surface area contributed by atoms with Gasteiger partial charge in [-0.3, -0.25) is 4.79 Å². The molecule has 11 nitrogen and oxygen atoms in total. The van der Waals surface area contributed by atoms with Crippen LogP contribution in [0.5, 0.6) is 11.5 Å². The van der Waals surface area contributed by atoms with E-state index in [-0.39, 0.29) is 23.2 Å². The number of rotatable bonds is 7. The monoisotopic (exact) mass is 507 g/mol. The Balaban J connectivity index is 1.20. The van der Waals surface area contributed by atoms with Crippen molar-refractivity contribution in [3.05, 3.63) is 72.2 Å². The molecule has 0 atom stereocenters. The molecule has 2 N–H and O–H groups in total. The van der Waals surface area contributed by atoms with Crippen LogP contribution >= 0.6 is 0 Å². The predicted molar refractivity (Wildman–Crippen MR) is 129 cm³/mol. The van der Waals surface area contributed by atoms with Crippen LogP contribution in [0, 0.1) is 6.92 Å². The summed E-state index contributed by atoms with van der Waals surface area (Å²) in [6.07, 6.45) is 1.44. The number of ether oxygens (including phenoxy) is 2. The largest absolute Gasteiger partial charge is 0.486 e. The second-order valence-electron chi connectivity index (χ2n) is 7.92. The van der Waals surface area contributed by atoms with Gasteiger partial charge in [0.25, 0.3) is 10.0 Å². The van der Waals surface area contributed by atoms with Crippen molar-refractivity contribution in [2.45, 2.75) is 18.2 Å². The van der Waals surface area contributed by atoms with Crippen LogP contribution in [0.3, 0.4) is 0 Å². The van der Waals surface area contributed by atoms with Gasteiger partial charge in [0.05, 0.1) is 17.0 Å². The van der Waals surface area contributed by atoms with Crippen LogP contribution in [0.4, 0.5) is 11.6 Å². The Kier molecular flexibility index (Phi) is 6.25. The third-order valence-corrected chi connectivity index (χ3v) is 6.54. The van der Waals surface area contributed by atoms with Crippen molar-refractivity contribution in [2.24, 2.45) is 0 Å². The number of sulfonamides is 1. The lowest BCUT2D eigenvalue weighted by Gasteiger charge is -2.18. The van der Waals surface area contributed by atoms with Crippen LogP contribution in [-0.4, -0.2) is 42.7 Å². The first-order chi connectivity index (χ1) is 17.4. The third kappa shape index (κ3) is 5.28. The molecule has 0 spiro atoms. The summed E-state index contributed by atoms with van der Waals surface area (Å²) in [5, 5.41) is 6.69. The Morgan fingerprint density at radius 3 is 2.56 bits per heavy atom. The summed E-state index contributed by atoms with van der Waals surface area (Å²) in [6.45, 7) is 2.71. The molecule has 3 heterocycles. The second-order valence-corrected chi connectivity index (χ2v) is 9.60. The lowest BCUT2D eigenvalue weighted by molar-refractivity contribution is -0.115. The number of nitrogens with one attached hydrogen (secondary N) is 2. The minimum Gasteiger partial charge on any atom is -0.486 e. The number of carbonyl (C=O) groups excluding carboxylic acids is 1. The molecule has 2 aromatic carbocycles. The summed E-state index contributed by atoms with van der Waals surface area (Å²) in [5.41, 5.74) is 2.26. The van der Waals surface area contributed by atoms with Crippen LogP contribution in [0.25, 0.3) is 11.3 Å². The minimum absolute atomic E-state index is 0.00572. The van der Waals surface area contributed by atoms with Gasteiger partial charge in [-0.25, -0.2) is 23.1 Å². The average molecular weight is 508 g/mol. The number of benzene rings is 2. The van der Waals surface area contributed by atoms with Crippen LogP contribution in [0.2, 0.25) is 0 Å². The van der Waals surface area contributed by atoms with E-state index in [9.17, 15) is 13.2 Å². The van der Waals surface area contributed by atoms with E-state index in [0.29, 0.717) is 47.5 Å². The van der Waals surface area contributed by atoms with Crippen molar-refractivity contribution in [3.8, 4) is 22.8 Å². The van der Waals surface area contributed by atoms with Crippen LogP contribution < -0.4 is 19.5 Å². The van der Waals surface area contributed by atoms with Gasteiger partial charge in [-0.15, -0.1) is 0 Å². The summed E-state index contributed by atoms with van der Waals surface area (Å²) in [6, 6.07) is 14.5. The summed E-state index contributed by atoms with van der Waals surface area (Å²) in [4.78, 5) is 20.4. The second kappa shape index (κ2) is 9.66. The van der Waals surface area contributed by atoms with Gasteiger partial charge in [-0.05, 0) is 55.5 Å². The molecule has 1 aliphatic heterocycles. The number of hydrogen-bond donors (Lipinski definition) is 2. The zero-order valence-electron chi connectivity index (χ0n) is 19.1. The zero-order chi connectivity index (χ0) is 25.1. The van der Waals surface area contributed by atoms with Crippen molar-refractivity contribution < 1.29 is 27.2 Å². The Morgan fingerprint density at radius 2 is 1.78 bits per heavy atom. The van der Waals surface area contributed by atoms with Gasteiger partial charge in [0.1, 0.15) is 13.2 Å². The van der Waals surface area contributed by atoms with Crippen molar-refractivity contribution in [1.29, 1.82) is 0 Å². The van der Waals surface area contributed by atoms with Gasteiger partial charge in [0.2, 0.25) is 11.9 Å². The molecule has 2 aromatic heterocycles. The van der Waals surface area contributed by atoms with E-state index in [4.69, 9.17) is 14.0 Å². The number of nitrogens with zero attached hydrogens (tertiary/aromatic N) is 3. The smallest absolute Gasteiger partial charge is 0.264 e. The molecule has 0 fully saturated rings. The number of hydrogen-bond acceptors (Lipinski definition) is 9. The number of amides is 1. The SMILES string of the molecule is Cc1ccnc(NS(=O)(=O)c2ccc(NC(=O)Cc3cc(-c4ccc5c(c4)OCCO5)on3)cc2)n1. The summed E-state index contributed by atoms with van der Waals surface area (Å²) in [7, 11) is -3.88. The minimum atomic E-state index is -3.88. The van der Waals surface area contributed by atoms with Crippen LogP contribution in [-0.2, 0) is 21.2 Å². The number of aryl methyl sites for hydroxylation is 1. The van der Waals surface area contributed by atoms with Crippen LogP contribution in [0.1, 0.15) is 11.4 Å². The third-order valence-electron chi connectivity index (χ3n) is 5.20. The topological polar surface area (TPSA) is 146 Å². The van der Waals surface area contributed by atoms with E-state index in [1.165, 1.54) is 30.5 Å². The number of aromatic nitrogens is 3. The van der Waals surface area contributed by atoms with E-state index < -0.39 is 10.0 Å². The van der Waals surface area contributed by atoms with E-state index in [0.717, 1.165) is 5.56 Å². The molecule has 184 valence electrons. The number of anilines is 2. The molecule has 0 saturated heterocycles. The molecular weight excluding hydrogens is 486 g/mol. The maximum absolute atomic E-state index is 12.6. The molecule has 36 heavy (non-hydrogen) atoms. The molecule has 12 heteroatoms. The standard InChI is InChI=1S/C24H21N5O6S/c1-15-8-9-25-24(26-15)29-36(31,32)19-5-3-17(4-6-19)27-23(30)14-18-13-21(35-28-18)16-2-7-20-22(12-16)34-11-10-33-20/h2-9,12-13H,10-11,14H2,1H3,(H,27,30)(H,25,26,29). The highest BCUT2D eigenvalue weighted by Gasteiger charge is 2.18. The molecule has 0 aliphatic carbocycles. The Bertz CT molecular complexity index is 1520. The van der Waals surface area contributed by atoms with Gasteiger partial charge in [-0.1, -0.05) is 5.16 Å². The van der Waals surface area contributed by atoms with E-state index in [1.54, 1.807) is 31.2 Å². The lowest BCUT2D eigenvalue weighted by Crippen LogP contribution is -2.16. The fourth-order valence-corrected chi connectivity index (χ4v) is 4.44. The van der Waals surface area contributed by atoms with Crippen molar-refractivity contribution in [1.82, 2.24) is 15.1 Å². The molecule has 0 bridgehead atoms. The van der Waals surface area contributed by atoms with Gasteiger partial charge in [0.15, 0.2) is 17.3 Å². The summed E-state index contributed by atoms with van der Waals surface area (Å²) >= 11 is 0. The quantitative estimate of drug-likeness (QED) is 0.385. The van der Waals surface area contributed by atoms with Gasteiger partial charge in [-0.2, -0.15) is 0 Å². The molecule has 0 radical (unpaired) electrons. The molecule has 1 amide bonds. The fraction of sp³-hybridized carbons (Fsp3) is 0.167.